The van der Waals surface area contributed by atoms with Crippen molar-refractivity contribution >= 4 is 17.4 Å². The smallest absolute Gasteiger partial charge is 0.295 e. The molecule has 1 atom stereocenters. The summed E-state index contributed by atoms with van der Waals surface area (Å²) in [7, 11) is 1.56. The number of hydrogen-bond acceptors (Lipinski definition) is 5. The maximum absolute atomic E-state index is 13.4. The summed E-state index contributed by atoms with van der Waals surface area (Å²) in [6.45, 7) is 7.98. The number of amides is 1. The standard InChI is InChI=1S/C30H31NO5/c1-18(2)36-25-11-6-8-21(15-25)17-31-27(22-9-7-10-24(16-22)35-5)26(29(33)30(31)34)28(32)23-13-12-19(3)20(4)14-23/h6-16,18,27,32H,17H2,1-5H3/b28-26-. The number of aliphatic hydroxyl groups excluding tert-OH is 1. The molecule has 1 saturated heterocycles. The molecule has 1 fully saturated rings. The zero-order valence-corrected chi connectivity index (χ0v) is 21.2. The van der Waals surface area contributed by atoms with Crippen LogP contribution >= 0.6 is 0 Å². The molecule has 3 aromatic rings. The number of nitrogens with zero attached hydrogens (tertiary/aromatic N) is 1. The molecule has 1 heterocycles. The molecule has 1 amide bonds. The predicted molar refractivity (Wildman–Crippen MR) is 139 cm³/mol. The Bertz CT molecular complexity index is 1340. The van der Waals surface area contributed by atoms with Crippen molar-refractivity contribution < 1.29 is 24.2 Å². The Kier molecular flexibility index (Phi) is 7.15. The van der Waals surface area contributed by atoms with Crippen LogP contribution < -0.4 is 9.47 Å². The lowest BCUT2D eigenvalue weighted by Crippen LogP contribution is -2.29. The molecule has 3 aromatic carbocycles. The van der Waals surface area contributed by atoms with E-state index in [-0.39, 0.29) is 24.0 Å². The highest BCUT2D eigenvalue weighted by Gasteiger charge is 2.46. The number of carbonyl (C=O) groups excluding carboxylic acids is 2. The molecule has 6 nitrogen and oxygen atoms in total. The van der Waals surface area contributed by atoms with E-state index in [1.54, 1.807) is 31.4 Å². The van der Waals surface area contributed by atoms with Crippen molar-refractivity contribution in [3.8, 4) is 11.5 Å². The average molecular weight is 486 g/mol. The van der Waals surface area contributed by atoms with Crippen molar-refractivity contribution in [1.29, 1.82) is 0 Å². The zero-order valence-electron chi connectivity index (χ0n) is 21.2. The fraction of sp³-hybridized carbons (Fsp3) is 0.267. The Morgan fingerprint density at radius 2 is 1.67 bits per heavy atom. The number of ketones is 1. The summed E-state index contributed by atoms with van der Waals surface area (Å²) in [5, 5.41) is 11.3. The Balaban J connectivity index is 1.84. The summed E-state index contributed by atoms with van der Waals surface area (Å²) < 4.78 is 11.2. The van der Waals surface area contributed by atoms with Gasteiger partial charge in [0, 0.05) is 12.1 Å². The Morgan fingerprint density at radius 1 is 0.944 bits per heavy atom. The zero-order chi connectivity index (χ0) is 26.0. The molecular weight excluding hydrogens is 454 g/mol. The van der Waals surface area contributed by atoms with Crippen molar-refractivity contribution in [3.05, 3.63) is 100 Å². The molecular formula is C30H31NO5. The van der Waals surface area contributed by atoms with Gasteiger partial charge in [-0.25, -0.2) is 0 Å². The van der Waals surface area contributed by atoms with Crippen LogP contribution in [-0.4, -0.2) is 34.9 Å². The van der Waals surface area contributed by atoms with Gasteiger partial charge in [0.1, 0.15) is 17.3 Å². The number of Topliss-reactive ketones (excluding diaryl/α,β-unsaturated/α-hetero) is 1. The molecule has 4 rings (SSSR count). The number of ether oxygens (including phenoxy) is 2. The summed E-state index contributed by atoms with van der Waals surface area (Å²) in [6.07, 6.45) is 0.00391. The van der Waals surface area contributed by atoms with Gasteiger partial charge in [0.15, 0.2) is 0 Å². The largest absolute Gasteiger partial charge is 0.507 e. The summed E-state index contributed by atoms with van der Waals surface area (Å²) >= 11 is 0. The van der Waals surface area contributed by atoms with Gasteiger partial charge in [-0.3, -0.25) is 9.59 Å². The summed E-state index contributed by atoms with van der Waals surface area (Å²) in [5.74, 6) is -0.288. The van der Waals surface area contributed by atoms with Gasteiger partial charge >= 0.3 is 0 Å². The molecule has 1 aliphatic heterocycles. The summed E-state index contributed by atoms with van der Waals surface area (Å²) in [6, 6.07) is 19.4. The van der Waals surface area contributed by atoms with Gasteiger partial charge in [-0.05, 0) is 80.3 Å². The molecule has 0 aliphatic carbocycles. The minimum absolute atomic E-state index is 0.00391. The van der Waals surface area contributed by atoms with Crippen molar-refractivity contribution in [1.82, 2.24) is 4.90 Å². The van der Waals surface area contributed by atoms with Crippen LogP contribution in [0.5, 0.6) is 11.5 Å². The number of aliphatic hydroxyl groups is 1. The van der Waals surface area contributed by atoms with Gasteiger partial charge in [0.25, 0.3) is 11.7 Å². The van der Waals surface area contributed by atoms with E-state index in [9.17, 15) is 14.7 Å². The second kappa shape index (κ2) is 10.3. The molecule has 6 heteroatoms. The topological polar surface area (TPSA) is 76.1 Å². The van der Waals surface area contributed by atoms with Crippen LogP contribution in [-0.2, 0) is 16.1 Å². The first-order valence-corrected chi connectivity index (χ1v) is 11.9. The van der Waals surface area contributed by atoms with Crippen LogP contribution in [0.15, 0.2) is 72.3 Å². The molecule has 0 aromatic heterocycles. The minimum atomic E-state index is -0.781. The first-order valence-electron chi connectivity index (χ1n) is 11.9. The number of rotatable bonds is 7. The van der Waals surface area contributed by atoms with Crippen LogP contribution in [0, 0.1) is 13.8 Å². The maximum Gasteiger partial charge on any atom is 0.295 e. The first-order chi connectivity index (χ1) is 17.2. The Hall–Kier alpha value is -4.06. The Morgan fingerprint density at radius 3 is 2.36 bits per heavy atom. The third kappa shape index (κ3) is 4.98. The van der Waals surface area contributed by atoms with Gasteiger partial charge in [-0.2, -0.15) is 0 Å². The van der Waals surface area contributed by atoms with E-state index in [0.29, 0.717) is 22.6 Å². The molecule has 1 aliphatic rings. The quantitative estimate of drug-likeness (QED) is 0.263. The minimum Gasteiger partial charge on any atom is -0.507 e. The highest BCUT2D eigenvalue weighted by molar-refractivity contribution is 6.46. The summed E-state index contributed by atoms with van der Waals surface area (Å²) in [5.41, 5.74) is 4.10. The van der Waals surface area contributed by atoms with Crippen LogP contribution in [0.3, 0.4) is 0 Å². The molecule has 0 radical (unpaired) electrons. The third-order valence-electron chi connectivity index (χ3n) is 6.35. The Labute approximate surface area is 211 Å². The third-order valence-corrected chi connectivity index (χ3v) is 6.35. The molecule has 0 bridgehead atoms. The molecule has 0 saturated carbocycles. The van der Waals surface area contributed by atoms with E-state index in [1.807, 2.05) is 70.2 Å². The number of benzene rings is 3. The SMILES string of the molecule is COc1cccc(C2/C(=C(/O)c3ccc(C)c(C)c3)C(=O)C(=O)N2Cc2cccc(OC(C)C)c2)c1. The van der Waals surface area contributed by atoms with E-state index in [2.05, 4.69) is 0 Å². The fourth-order valence-corrected chi connectivity index (χ4v) is 4.43. The van der Waals surface area contributed by atoms with Gasteiger partial charge in [0.2, 0.25) is 0 Å². The van der Waals surface area contributed by atoms with Gasteiger partial charge in [-0.15, -0.1) is 0 Å². The first kappa shape index (κ1) is 25.0. The van der Waals surface area contributed by atoms with Crippen LogP contribution in [0.2, 0.25) is 0 Å². The van der Waals surface area contributed by atoms with E-state index in [1.165, 1.54) is 4.90 Å². The molecule has 1 unspecified atom stereocenters. The lowest BCUT2D eigenvalue weighted by molar-refractivity contribution is -0.140. The molecule has 36 heavy (non-hydrogen) atoms. The van der Waals surface area contributed by atoms with Gasteiger partial charge in [-0.1, -0.05) is 36.4 Å². The van der Waals surface area contributed by atoms with Crippen molar-refractivity contribution in [2.45, 2.75) is 46.4 Å². The van der Waals surface area contributed by atoms with E-state index < -0.39 is 17.7 Å². The van der Waals surface area contributed by atoms with Crippen LogP contribution in [0.1, 0.15) is 47.7 Å². The molecule has 186 valence electrons. The van der Waals surface area contributed by atoms with E-state index in [4.69, 9.17) is 9.47 Å². The average Bonchev–Trinajstić information content (AvgIpc) is 3.10. The predicted octanol–water partition coefficient (Wildman–Crippen LogP) is 5.72. The highest BCUT2D eigenvalue weighted by atomic mass is 16.5. The second-order valence-electron chi connectivity index (χ2n) is 9.32. The lowest BCUT2D eigenvalue weighted by Gasteiger charge is -2.26. The molecule has 1 N–H and O–H groups in total. The van der Waals surface area contributed by atoms with Crippen LogP contribution in [0.4, 0.5) is 0 Å². The van der Waals surface area contributed by atoms with Gasteiger partial charge in [0.05, 0.1) is 24.8 Å². The normalized spacial score (nSPS) is 17.1. The van der Waals surface area contributed by atoms with E-state index >= 15 is 0 Å². The monoisotopic (exact) mass is 485 g/mol. The number of carbonyl (C=O) groups is 2. The number of methoxy groups -OCH3 is 1. The second-order valence-corrected chi connectivity index (χ2v) is 9.32. The summed E-state index contributed by atoms with van der Waals surface area (Å²) in [4.78, 5) is 28.2. The van der Waals surface area contributed by atoms with Crippen molar-refractivity contribution in [2.24, 2.45) is 0 Å². The van der Waals surface area contributed by atoms with Crippen LogP contribution in [0.25, 0.3) is 5.76 Å². The fourth-order valence-electron chi connectivity index (χ4n) is 4.43. The number of likely N-dealkylation sites (tertiary alicyclic amines) is 1. The van der Waals surface area contributed by atoms with E-state index in [0.717, 1.165) is 16.7 Å². The number of hydrogen-bond donors (Lipinski definition) is 1. The van der Waals surface area contributed by atoms with Crippen molar-refractivity contribution in [3.63, 3.8) is 0 Å². The number of aryl methyl sites for hydroxylation is 2. The molecule has 0 spiro atoms. The van der Waals surface area contributed by atoms with Gasteiger partial charge < -0.3 is 19.5 Å². The lowest BCUT2D eigenvalue weighted by atomic mass is 9.94. The highest BCUT2D eigenvalue weighted by Crippen LogP contribution is 2.41. The van der Waals surface area contributed by atoms with Crippen molar-refractivity contribution in [2.75, 3.05) is 7.11 Å². The maximum atomic E-state index is 13.4.